The van der Waals surface area contributed by atoms with Crippen LogP contribution >= 0.6 is 23.2 Å². The smallest absolute Gasteiger partial charge is 0.296 e. The largest absolute Gasteiger partial charge is 0.508 e. The number of nitrogens with zero attached hydrogens (tertiary/aromatic N) is 4. The average molecular weight is 773 g/mol. The molecule has 0 saturated carbocycles. The number of carbonyl (C=O) groups excluding carboxylic acids is 3. The molecule has 4 heterocycles. The maximum absolute atomic E-state index is 13.2. The summed E-state index contributed by atoms with van der Waals surface area (Å²) in [5, 5.41) is 12.9. The van der Waals surface area contributed by atoms with E-state index in [4.69, 9.17) is 32.9 Å². The molecule has 10 nitrogen and oxygen atoms in total. The Hall–Kier alpha value is -5.39. The van der Waals surface area contributed by atoms with Crippen LogP contribution in [0.2, 0.25) is 10.0 Å². The number of allylic oxidation sites excluding steroid dienone is 1. The fourth-order valence-electron chi connectivity index (χ4n) is 6.75. The van der Waals surface area contributed by atoms with E-state index in [0.717, 1.165) is 52.9 Å². The summed E-state index contributed by atoms with van der Waals surface area (Å²) in [7, 11) is 1.62. The summed E-state index contributed by atoms with van der Waals surface area (Å²) in [5.41, 5.74) is 6.32. The molecule has 2 aliphatic rings. The normalized spacial score (nSPS) is 15.8. The lowest BCUT2D eigenvalue weighted by Crippen LogP contribution is -2.26. The van der Waals surface area contributed by atoms with Crippen molar-refractivity contribution in [3.8, 4) is 11.6 Å². The quantitative estimate of drug-likeness (QED) is 0.113. The van der Waals surface area contributed by atoms with Gasteiger partial charge in [0.2, 0.25) is 5.88 Å². The van der Waals surface area contributed by atoms with Gasteiger partial charge in [-0.1, -0.05) is 69.1 Å². The number of pyridine rings is 2. The highest BCUT2D eigenvalue weighted by molar-refractivity contribution is 6.50. The number of Topliss-reactive ketones (excluding diaryl/α,β-unsaturated/α-hetero) is 2. The van der Waals surface area contributed by atoms with Crippen molar-refractivity contribution in [2.45, 2.75) is 66.0 Å². The van der Waals surface area contributed by atoms with Crippen LogP contribution in [0.3, 0.4) is 0 Å². The zero-order valence-electron chi connectivity index (χ0n) is 29.4. The Labute approximate surface area is 322 Å². The summed E-state index contributed by atoms with van der Waals surface area (Å²) in [6.45, 7) is 6.52. The monoisotopic (exact) mass is 771 g/mol. The number of hydrogen-bond donors (Lipinski definition) is 2. The Bertz CT molecular complexity index is 2300. The van der Waals surface area contributed by atoms with E-state index in [1.807, 2.05) is 19.1 Å². The number of phenolic OH excluding ortho intramolecular Hbond substituents is 1. The first kappa shape index (κ1) is 39.8. The molecule has 1 aliphatic heterocycles. The van der Waals surface area contributed by atoms with Gasteiger partial charge in [0, 0.05) is 64.9 Å². The predicted octanol–water partition coefficient (Wildman–Crippen LogP) is 9.26. The number of anilines is 1. The summed E-state index contributed by atoms with van der Waals surface area (Å²) >= 11 is 12.0. The molecule has 5 aromatic rings. The molecule has 2 N–H and O–H groups in total. The van der Waals surface area contributed by atoms with Crippen molar-refractivity contribution < 1.29 is 28.6 Å². The molecular formula is C41H40Cl2FN5O5. The van der Waals surface area contributed by atoms with Crippen molar-refractivity contribution in [2.75, 3.05) is 12.4 Å². The summed E-state index contributed by atoms with van der Waals surface area (Å²) in [6, 6.07) is 14.3. The zero-order chi connectivity index (χ0) is 38.0. The van der Waals surface area contributed by atoms with Crippen molar-refractivity contribution in [3.63, 3.8) is 0 Å². The minimum absolute atomic E-state index is 0. The Morgan fingerprint density at radius 1 is 1.04 bits per heavy atom. The first-order chi connectivity index (χ1) is 25.4. The van der Waals surface area contributed by atoms with Gasteiger partial charge in [-0.15, -0.1) is 0 Å². The van der Waals surface area contributed by atoms with E-state index in [9.17, 15) is 23.9 Å². The SMILES string of the molecule is C.CCCC1C(=O)C2=C(C(CC)=NC2C)c2nc(OC)ccc21.O=C(Nc1c(Cl)cncc1Cl)C(=O)c1cn(Cc2ccc(F)cc2)c2ccc(O)cc12. The van der Waals surface area contributed by atoms with Gasteiger partial charge in [-0.25, -0.2) is 9.37 Å². The highest BCUT2D eigenvalue weighted by Gasteiger charge is 2.41. The van der Waals surface area contributed by atoms with Gasteiger partial charge in [0.1, 0.15) is 11.6 Å². The highest BCUT2D eigenvalue weighted by Crippen LogP contribution is 2.44. The number of halogens is 3. The molecule has 3 aromatic heterocycles. The molecule has 0 bridgehead atoms. The van der Waals surface area contributed by atoms with Gasteiger partial charge in [-0.05, 0) is 61.2 Å². The van der Waals surface area contributed by atoms with Crippen LogP contribution in [0.5, 0.6) is 11.6 Å². The maximum atomic E-state index is 13.2. The van der Waals surface area contributed by atoms with E-state index in [2.05, 4.69) is 29.1 Å². The van der Waals surface area contributed by atoms with Crippen LogP contribution in [0, 0.1) is 5.82 Å². The summed E-state index contributed by atoms with van der Waals surface area (Å²) in [6.07, 6.45) is 6.74. The van der Waals surface area contributed by atoms with Gasteiger partial charge >= 0.3 is 0 Å². The maximum Gasteiger partial charge on any atom is 0.296 e. The molecule has 0 fully saturated rings. The number of amides is 1. The number of aromatic hydroxyl groups is 1. The predicted molar refractivity (Wildman–Crippen MR) is 211 cm³/mol. The van der Waals surface area contributed by atoms with Gasteiger partial charge in [0.05, 0.1) is 40.1 Å². The number of methoxy groups -OCH3 is 1. The van der Waals surface area contributed by atoms with E-state index < -0.39 is 11.7 Å². The number of aliphatic imine (C=N–C) groups is 1. The summed E-state index contributed by atoms with van der Waals surface area (Å²) < 4.78 is 20.2. The molecular weight excluding hydrogens is 732 g/mol. The second-order valence-corrected chi connectivity index (χ2v) is 13.5. The molecule has 1 amide bonds. The number of ketones is 2. The number of ether oxygens (including phenoxy) is 1. The lowest BCUT2D eigenvalue weighted by molar-refractivity contribution is -0.117. The van der Waals surface area contributed by atoms with E-state index in [-0.39, 0.29) is 58.0 Å². The van der Waals surface area contributed by atoms with Gasteiger partial charge in [-0.2, -0.15) is 0 Å². The van der Waals surface area contributed by atoms with Gasteiger partial charge in [0.25, 0.3) is 11.7 Å². The molecule has 280 valence electrons. The number of hydrogen-bond acceptors (Lipinski definition) is 8. The third kappa shape index (κ3) is 7.78. The van der Waals surface area contributed by atoms with Crippen LogP contribution in [0.25, 0.3) is 16.5 Å². The topological polar surface area (TPSA) is 136 Å². The lowest BCUT2D eigenvalue weighted by atomic mass is 9.76. The second-order valence-electron chi connectivity index (χ2n) is 12.7. The van der Waals surface area contributed by atoms with E-state index in [1.54, 1.807) is 29.9 Å². The third-order valence-corrected chi connectivity index (χ3v) is 9.79. The first-order valence-corrected chi connectivity index (χ1v) is 17.8. The number of phenols is 1. The average Bonchev–Trinajstić information content (AvgIpc) is 3.68. The van der Waals surface area contributed by atoms with Crippen molar-refractivity contribution in [2.24, 2.45) is 4.99 Å². The molecule has 0 spiro atoms. The number of aromatic nitrogens is 3. The molecule has 0 saturated heterocycles. The van der Waals surface area contributed by atoms with E-state index in [0.29, 0.717) is 23.3 Å². The number of carbonyl (C=O) groups is 3. The minimum Gasteiger partial charge on any atom is -0.508 e. The van der Waals surface area contributed by atoms with Crippen LogP contribution in [0.1, 0.15) is 80.6 Å². The highest BCUT2D eigenvalue weighted by atomic mass is 35.5. The minimum atomic E-state index is -0.945. The Balaban J connectivity index is 0.000000215. The van der Waals surface area contributed by atoms with Crippen molar-refractivity contribution in [1.29, 1.82) is 0 Å². The molecule has 2 unspecified atom stereocenters. The summed E-state index contributed by atoms with van der Waals surface area (Å²) in [4.78, 5) is 51.7. The number of benzene rings is 2. The zero-order valence-corrected chi connectivity index (χ0v) is 30.9. The first-order valence-electron chi connectivity index (χ1n) is 17.1. The molecule has 0 radical (unpaired) electrons. The molecule has 13 heteroatoms. The Morgan fingerprint density at radius 2 is 1.74 bits per heavy atom. The van der Waals surface area contributed by atoms with Crippen molar-refractivity contribution >= 4 is 68.6 Å². The van der Waals surface area contributed by atoms with E-state index >= 15 is 0 Å². The van der Waals surface area contributed by atoms with Gasteiger partial charge < -0.3 is 19.7 Å². The molecule has 7 rings (SSSR count). The lowest BCUT2D eigenvalue weighted by Gasteiger charge is -2.26. The number of rotatable bonds is 9. The van der Waals surface area contributed by atoms with Crippen LogP contribution in [0.15, 0.2) is 83.8 Å². The van der Waals surface area contributed by atoms with Crippen LogP contribution in [-0.2, 0) is 16.1 Å². The Kier molecular flexibility index (Phi) is 12.3. The van der Waals surface area contributed by atoms with Gasteiger partial charge in [0.15, 0.2) is 5.78 Å². The van der Waals surface area contributed by atoms with Crippen LogP contribution in [0.4, 0.5) is 10.1 Å². The Morgan fingerprint density at radius 3 is 2.39 bits per heavy atom. The second kappa shape index (κ2) is 16.7. The van der Waals surface area contributed by atoms with E-state index in [1.165, 1.54) is 42.9 Å². The van der Waals surface area contributed by atoms with Crippen LogP contribution in [-0.4, -0.2) is 56.0 Å². The molecule has 2 aromatic carbocycles. The molecule has 2 atom stereocenters. The third-order valence-electron chi connectivity index (χ3n) is 9.22. The standard InChI is InChI=1S/C22H14Cl2FN3O3.C18H22N2O2.CH4/c23-17-8-26-9-18(24)20(17)27-22(31)21(30)16-11-28(10-12-1-3-13(25)4-2-12)19-6-5-14(29)7-15(16)19;1-5-7-12-11-8-9-14(22-4)20-17(11)16-13(6-2)19-10(3)15(16)18(12)21;/h1-9,11,29H,10H2,(H,26,27,31);8-10,12H,5-7H2,1-4H3;1H4. The summed E-state index contributed by atoms with van der Waals surface area (Å²) in [5.74, 6) is -1.46. The molecule has 54 heavy (non-hydrogen) atoms. The van der Waals surface area contributed by atoms with Crippen LogP contribution < -0.4 is 10.1 Å². The molecule has 1 aliphatic carbocycles. The fraction of sp³-hybridized carbons (Fsp3) is 0.268. The fourth-order valence-corrected chi connectivity index (χ4v) is 7.21. The van der Waals surface area contributed by atoms with Gasteiger partial charge in [-0.3, -0.25) is 24.4 Å². The van der Waals surface area contributed by atoms with Crippen molar-refractivity contribution in [3.05, 3.63) is 117 Å². The number of nitrogens with one attached hydrogen (secondary N) is 1. The number of fused-ring (bicyclic) bond motifs is 3. The van der Waals surface area contributed by atoms with Crippen molar-refractivity contribution in [1.82, 2.24) is 14.5 Å².